The van der Waals surface area contributed by atoms with Gasteiger partial charge in [0.15, 0.2) is 0 Å². The molecule has 1 atom stereocenters. The maximum absolute atomic E-state index is 6.17. The second kappa shape index (κ2) is 6.29. The summed E-state index contributed by atoms with van der Waals surface area (Å²) in [6.07, 6.45) is 8.85. The van der Waals surface area contributed by atoms with Crippen molar-refractivity contribution in [1.29, 1.82) is 0 Å². The Kier molecular flexibility index (Phi) is 4.63. The smallest absolute Gasteiger partial charge is 0.0693 e. The number of ether oxygens (including phenoxy) is 1. The van der Waals surface area contributed by atoms with Crippen LogP contribution in [-0.2, 0) is 4.74 Å². The zero-order valence-corrected chi connectivity index (χ0v) is 14.1. The standard InChI is InChI=1S/C16H22BrNOS/c17-12-4-5-14(18)15(10-12)20-13-6-9-19-16(11-13)7-2-1-3-8-16/h4-5,10,13H,1-3,6-9,11,18H2. The first kappa shape index (κ1) is 14.7. The molecule has 1 aromatic rings. The molecule has 20 heavy (non-hydrogen) atoms. The SMILES string of the molecule is Nc1ccc(Br)cc1SC1CCOC2(CCCCC2)C1. The van der Waals surface area contributed by atoms with E-state index < -0.39 is 0 Å². The molecule has 2 aliphatic rings. The molecular formula is C16H22BrNOS. The lowest BCUT2D eigenvalue weighted by Gasteiger charge is -2.43. The van der Waals surface area contributed by atoms with Crippen molar-refractivity contribution in [2.45, 2.75) is 60.7 Å². The van der Waals surface area contributed by atoms with Gasteiger partial charge in [0.1, 0.15) is 0 Å². The van der Waals surface area contributed by atoms with Gasteiger partial charge in [0.2, 0.25) is 0 Å². The van der Waals surface area contributed by atoms with E-state index in [1.807, 2.05) is 23.9 Å². The van der Waals surface area contributed by atoms with Crippen LogP contribution in [-0.4, -0.2) is 17.5 Å². The van der Waals surface area contributed by atoms with Gasteiger partial charge in [-0.2, -0.15) is 0 Å². The highest BCUT2D eigenvalue weighted by atomic mass is 79.9. The van der Waals surface area contributed by atoms with Gasteiger partial charge in [0.05, 0.1) is 5.60 Å². The zero-order valence-electron chi connectivity index (χ0n) is 11.7. The van der Waals surface area contributed by atoms with E-state index in [0.29, 0.717) is 5.25 Å². The highest BCUT2D eigenvalue weighted by Crippen LogP contribution is 2.44. The fourth-order valence-electron chi connectivity index (χ4n) is 3.42. The normalized spacial score (nSPS) is 25.8. The largest absolute Gasteiger partial charge is 0.398 e. The number of nitrogens with two attached hydrogens (primary N) is 1. The van der Waals surface area contributed by atoms with Crippen molar-refractivity contribution in [3.05, 3.63) is 22.7 Å². The second-order valence-electron chi connectivity index (χ2n) is 6.01. The summed E-state index contributed by atoms with van der Waals surface area (Å²) < 4.78 is 7.28. The highest BCUT2D eigenvalue weighted by Gasteiger charge is 2.38. The number of anilines is 1. The Bertz CT molecular complexity index is 468. The summed E-state index contributed by atoms with van der Waals surface area (Å²) in [5.74, 6) is 0. The second-order valence-corrected chi connectivity index (χ2v) is 8.26. The van der Waals surface area contributed by atoms with Crippen LogP contribution >= 0.6 is 27.7 Å². The molecular weight excluding hydrogens is 334 g/mol. The topological polar surface area (TPSA) is 35.2 Å². The third-order valence-corrected chi connectivity index (χ3v) is 6.32. The van der Waals surface area contributed by atoms with E-state index in [1.54, 1.807) is 0 Å². The number of thioether (sulfide) groups is 1. The fraction of sp³-hybridized carbons (Fsp3) is 0.625. The lowest BCUT2D eigenvalue weighted by Crippen LogP contribution is -2.42. The minimum Gasteiger partial charge on any atom is -0.398 e. The van der Waals surface area contributed by atoms with E-state index >= 15 is 0 Å². The molecule has 0 aromatic heterocycles. The molecule has 1 aliphatic carbocycles. The number of hydrogen-bond acceptors (Lipinski definition) is 3. The van der Waals surface area contributed by atoms with Crippen molar-refractivity contribution in [1.82, 2.24) is 0 Å². The van der Waals surface area contributed by atoms with Gasteiger partial charge < -0.3 is 10.5 Å². The molecule has 4 heteroatoms. The van der Waals surface area contributed by atoms with Gasteiger partial charge in [-0.3, -0.25) is 0 Å². The van der Waals surface area contributed by atoms with Gasteiger partial charge >= 0.3 is 0 Å². The zero-order chi connectivity index (χ0) is 14.0. The maximum atomic E-state index is 6.17. The van der Waals surface area contributed by atoms with Gasteiger partial charge in [-0.1, -0.05) is 35.2 Å². The monoisotopic (exact) mass is 355 g/mol. The van der Waals surface area contributed by atoms with Crippen molar-refractivity contribution in [2.75, 3.05) is 12.3 Å². The summed E-state index contributed by atoms with van der Waals surface area (Å²) in [6.45, 7) is 0.908. The molecule has 1 saturated carbocycles. The summed E-state index contributed by atoms with van der Waals surface area (Å²) in [7, 11) is 0. The van der Waals surface area contributed by atoms with Crippen molar-refractivity contribution in [2.24, 2.45) is 0 Å². The third-order valence-electron chi connectivity index (χ3n) is 4.48. The molecule has 1 saturated heterocycles. The van der Waals surface area contributed by atoms with Crippen molar-refractivity contribution < 1.29 is 4.74 Å². The third kappa shape index (κ3) is 3.34. The van der Waals surface area contributed by atoms with Crippen LogP contribution in [0.2, 0.25) is 0 Å². The van der Waals surface area contributed by atoms with Gasteiger partial charge in [0.25, 0.3) is 0 Å². The molecule has 2 fully saturated rings. The Morgan fingerprint density at radius 2 is 2.05 bits per heavy atom. The Morgan fingerprint density at radius 1 is 1.25 bits per heavy atom. The van der Waals surface area contributed by atoms with E-state index in [9.17, 15) is 0 Å². The molecule has 1 heterocycles. The molecule has 1 aromatic carbocycles. The van der Waals surface area contributed by atoms with Gasteiger partial charge in [-0.15, -0.1) is 11.8 Å². The van der Waals surface area contributed by atoms with Gasteiger partial charge in [-0.05, 0) is 43.9 Å². The molecule has 2 N–H and O–H groups in total. The molecule has 0 amide bonds. The van der Waals surface area contributed by atoms with Gasteiger partial charge in [-0.25, -0.2) is 0 Å². The number of hydrogen-bond donors (Lipinski definition) is 1. The number of halogens is 1. The summed E-state index contributed by atoms with van der Waals surface area (Å²) in [5.41, 5.74) is 7.17. The van der Waals surface area contributed by atoms with Crippen LogP contribution in [0.15, 0.2) is 27.6 Å². The minimum absolute atomic E-state index is 0.176. The predicted octanol–water partition coefficient (Wildman–Crippen LogP) is 5.01. The molecule has 0 radical (unpaired) electrons. The average molecular weight is 356 g/mol. The first-order valence-corrected chi connectivity index (χ1v) is 9.20. The van der Waals surface area contributed by atoms with E-state index in [1.165, 1.54) is 43.4 Å². The molecule has 1 unspecified atom stereocenters. The Morgan fingerprint density at radius 3 is 2.85 bits per heavy atom. The molecule has 3 rings (SSSR count). The predicted molar refractivity (Wildman–Crippen MR) is 89.2 cm³/mol. The summed E-state index contributed by atoms with van der Waals surface area (Å²) in [6, 6.07) is 6.14. The summed E-state index contributed by atoms with van der Waals surface area (Å²) in [4.78, 5) is 1.21. The van der Waals surface area contributed by atoms with Crippen molar-refractivity contribution >= 4 is 33.4 Å². The Labute approximate surface area is 134 Å². The molecule has 2 nitrogen and oxygen atoms in total. The van der Waals surface area contributed by atoms with Gasteiger partial charge in [0, 0.05) is 26.9 Å². The van der Waals surface area contributed by atoms with Crippen molar-refractivity contribution in [3.8, 4) is 0 Å². The molecule has 1 spiro atoms. The fourth-order valence-corrected chi connectivity index (χ4v) is 5.29. The molecule has 0 bridgehead atoms. The molecule has 110 valence electrons. The lowest BCUT2D eigenvalue weighted by molar-refractivity contribution is -0.0970. The van der Waals surface area contributed by atoms with Crippen LogP contribution < -0.4 is 5.73 Å². The van der Waals surface area contributed by atoms with Crippen LogP contribution in [0.3, 0.4) is 0 Å². The quantitative estimate of drug-likeness (QED) is 0.757. The average Bonchev–Trinajstić information content (AvgIpc) is 2.44. The van der Waals surface area contributed by atoms with Crippen LogP contribution in [0.25, 0.3) is 0 Å². The number of benzene rings is 1. The van der Waals surface area contributed by atoms with Crippen LogP contribution in [0.4, 0.5) is 5.69 Å². The Hall–Kier alpha value is -0.190. The summed E-state index contributed by atoms with van der Waals surface area (Å²) in [5, 5.41) is 0.637. The highest BCUT2D eigenvalue weighted by molar-refractivity contribution is 9.10. The van der Waals surface area contributed by atoms with Crippen LogP contribution in [0, 0.1) is 0 Å². The maximum Gasteiger partial charge on any atom is 0.0693 e. The van der Waals surface area contributed by atoms with E-state index in [0.717, 1.165) is 23.2 Å². The van der Waals surface area contributed by atoms with Crippen LogP contribution in [0.5, 0.6) is 0 Å². The summed E-state index contributed by atoms with van der Waals surface area (Å²) >= 11 is 5.48. The number of rotatable bonds is 2. The molecule has 1 aliphatic heterocycles. The van der Waals surface area contributed by atoms with E-state index in [-0.39, 0.29) is 5.60 Å². The minimum atomic E-state index is 0.176. The Balaban J connectivity index is 1.69. The first-order valence-electron chi connectivity index (χ1n) is 7.53. The number of nitrogen functional groups attached to an aromatic ring is 1. The van der Waals surface area contributed by atoms with E-state index in [2.05, 4.69) is 22.0 Å². The lowest BCUT2D eigenvalue weighted by atomic mass is 9.80. The van der Waals surface area contributed by atoms with E-state index in [4.69, 9.17) is 10.5 Å². The first-order chi connectivity index (χ1) is 9.67. The van der Waals surface area contributed by atoms with Crippen molar-refractivity contribution in [3.63, 3.8) is 0 Å². The van der Waals surface area contributed by atoms with Crippen LogP contribution in [0.1, 0.15) is 44.9 Å².